The van der Waals surface area contributed by atoms with E-state index in [1.165, 1.54) is 17.8 Å². The number of carbonyl (C=O) groups excluding carboxylic acids is 1. The molecule has 0 saturated heterocycles. The Hall–Kier alpha value is -2.28. The molecule has 1 aliphatic rings. The van der Waals surface area contributed by atoms with Gasteiger partial charge in [0.1, 0.15) is 5.56 Å². The number of anilines is 1. The number of rotatable bonds is 1. The van der Waals surface area contributed by atoms with Crippen molar-refractivity contribution in [3.63, 3.8) is 0 Å². The van der Waals surface area contributed by atoms with Crippen molar-refractivity contribution >= 4 is 23.4 Å². The molecule has 0 aliphatic carbocycles. The number of nitrogens with one attached hydrogen (secondary N) is 1. The molecule has 2 aromatic rings. The number of carbonyl (C=O) groups is 1. The van der Waals surface area contributed by atoms with Gasteiger partial charge in [0.25, 0.3) is 11.5 Å². The zero-order chi connectivity index (χ0) is 16.7. The van der Waals surface area contributed by atoms with Crippen LogP contribution in [0.15, 0.2) is 44.9 Å². The SMILES string of the molecule is CC1Sc2ccccc2N(C(=O)c2cn(C)c(=O)[nH]c2=O)C1C. The van der Waals surface area contributed by atoms with Crippen LogP contribution in [0.4, 0.5) is 5.69 Å². The quantitative estimate of drug-likeness (QED) is 0.861. The summed E-state index contributed by atoms with van der Waals surface area (Å²) >= 11 is 1.71. The Balaban J connectivity index is 2.14. The summed E-state index contributed by atoms with van der Waals surface area (Å²) in [6.45, 7) is 4.01. The molecule has 2 unspecified atom stereocenters. The molecule has 7 heteroatoms. The van der Waals surface area contributed by atoms with Crippen LogP contribution in [0.3, 0.4) is 0 Å². The number of aromatic nitrogens is 2. The van der Waals surface area contributed by atoms with Gasteiger partial charge in [-0.3, -0.25) is 14.6 Å². The molecule has 3 rings (SSSR count). The topological polar surface area (TPSA) is 75.2 Å². The van der Waals surface area contributed by atoms with Crippen molar-refractivity contribution in [3.05, 3.63) is 56.9 Å². The number of aryl methyl sites for hydroxylation is 1. The maximum Gasteiger partial charge on any atom is 0.328 e. The van der Waals surface area contributed by atoms with Crippen molar-refractivity contribution in [2.45, 2.75) is 30.0 Å². The van der Waals surface area contributed by atoms with E-state index in [-0.39, 0.29) is 16.9 Å². The Morgan fingerprint density at radius 3 is 2.65 bits per heavy atom. The predicted molar refractivity (Wildman–Crippen MR) is 90.3 cm³/mol. The number of H-pyrrole nitrogens is 1. The fourth-order valence-electron chi connectivity index (χ4n) is 2.62. The molecular formula is C16H17N3O3S. The Morgan fingerprint density at radius 2 is 1.91 bits per heavy atom. The number of nitrogens with zero attached hydrogens (tertiary/aromatic N) is 2. The van der Waals surface area contributed by atoms with Crippen molar-refractivity contribution in [3.8, 4) is 0 Å². The molecule has 1 N–H and O–H groups in total. The largest absolute Gasteiger partial charge is 0.328 e. The fourth-order valence-corrected chi connectivity index (χ4v) is 3.79. The second-order valence-electron chi connectivity index (χ2n) is 5.62. The molecule has 0 fully saturated rings. The van der Waals surface area contributed by atoms with E-state index in [9.17, 15) is 14.4 Å². The van der Waals surface area contributed by atoms with E-state index in [4.69, 9.17) is 0 Å². The lowest BCUT2D eigenvalue weighted by atomic mass is 10.1. The van der Waals surface area contributed by atoms with E-state index in [2.05, 4.69) is 11.9 Å². The van der Waals surface area contributed by atoms with Gasteiger partial charge in [0.2, 0.25) is 0 Å². The number of fused-ring (bicyclic) bond motifs is 1. The third-order valence-corrected chi connectivity index (χ3v) is 5.45. The van der Waals surface area contributed by atoms with Crippen LogP contribution in [0.5, 0.6) is 0 Å². The van der Waals surface area contributed by atoms with Gasteiger partial charge >= 0.3 is 5.69 Å². The predicted octanol–water partition coefficient (Wildman–Crippen LogP) is 1.60. The van der Waals surface area contributed by atoms with Gasteiger partial charge in [-0.15, -0.1) is 11.8 Å². The van der Waals surface area contributed by atoms with Crippen LogP contribution < -0.4 is 16.1 Å². The van der Waals surface area contributed by atoms with Gasteiger partial charge in [-0.25, -0.2) is 4.79 Å². The van der Waals surface area contributed by atoms with E-state index < -0.39 is 17.2 Å². The number of aromatic amines is 1. The molecule has 1 aromatic heterocycles. The average Bonchev–Trinajstić information content (AvgIpc) is 2.51. The summed E-state index contributed by atoms with van der Waals surface area (Å²) in [4.78, 5) is 41.4. The molecule has 23 heavy (non-hydrogen) atoms. The molecule has 6 nitrogen and oxygen atoms in total. The van der Waals surface area contributed by atoms with Crippen LogP contribution in [0.1, 0.15) is 24.2 Å². The van der Waals surface area contributed by atoms with Crippen LogP contribution >= 0.6 is 11.8 Å². The number of thioether (sulfide) groups is 1. The molecule has 1 aromatic carbocycles. The number of hydrogen-bond acceptors (Lipinski definition) is 4. The van der Waals surface area contributed by atoms with Crippen molar-refractivity contribution in [1.82, 2.24) is 9.55 Å². The molecule has 2 heterocycles. The van der Waals surface area contributed by atoms with Gasteiger partial charge < -0.3 is 9.47 Å². The summed E-state index contributed by atoms with van der Waals surface area (Å²) < 4.78 is 1.20. The maximum absolute atomic E-state index is 13.0. The van der Waals surface area contributed by atoms with Gasteiger partial charge in [-0.05, 0) is 19.1 Å². The molecule has 0 radical (unpaired) electrons. The first kappa shape index (κ1) is 15.6. The normalized spacial score (nSPS) is 20.2. The Kier molecular flexibility index (Phi) is 3.89. The first-order valence-corrected chi connectivity index (χ1v) is 8.17. The Bertz CT molecular complexity index is 887. The third-order valence-electron chi connectivity index (χ3n) is 4.08. The summed E-state index contributed by atoms with van der Waals surface area (Å²) in [5, 5.41) is 0.195. The van der Waals surface area contributed by atoms with Crippen molar-refractivity contribution in [2.75, 3.05) is 4.90 Å². The van der Waals surface area contributed by atoms with Gasteiger partial charge in [0, 0.05) is 29.4 Å². The monoisotopic (exact) mass is 331 g/mol. The molecule has 120 valence electrons. The molecule has 0 bridgehead atoms. The van der Waals surface area contributed by atoms with E-state index in [0.717, 1.165) is 10.6 Å². The van der Waals surface area contributed by atoms with Crippen LogP contribution in [0, 0.1) is 0 Å². The van der Waals surface area contributed by atoms with Gasteiger partial charge in [-0.2, -0.15) is 0 Å². The first-order chi connectivity index (χ1) is 10.9. The molecular weight excluding hydrogens is 314 g/mol. The molecule has 0 saturated carbocycles. The average molecular weight is 331 g/mol. The molecule has 0 spiro atoms. The lowest BCUT2D eigenvalue weighted by Gasteiger charge is -2.38. The number of benzene rings is 1. The number of para-hydroxylation sites is 1. The summed E-state index contributed by atoms with van der Waals surface area (Å²) in [7, 11) is 1.50. The fraction of sp³-hybridized carbons (Fsp3) is 0.312. The molecule has 1 amide bonds. The number of hydrogen-bond donors (Lipinski definition) is 1. The molecule has 2 atom stereocenters. The van der Waals surface area contributed by atoms with Gasteiger partial charge in [0.05, 0.1) is 5.69 Å². The van der Waals surface area contributed by atoms with E-state index >= 15 is 0 Å². The standard InChI is InChI=1S/C16H17N3O3S/c1-9-10(2)23-13-7-5-4-6-12(13)19(9)15(21)11-8-18(3)16(22)17-14(11)20/h4-10H,1-3H3,(H,17,20,22). The summed E-state index contributed by atoms with van der Waals surface area (Å²) in [6, 6.07) is 7.56. The zero-order valence-corrected chi connectivity index (χ0v) is 13.9. The first-order valence-electron chi connectivity index (χ1n) is 7.29. The second kappa shape index (κ2) is 5.73. The summed E-state index contributed by atoms with van der Waals surface area (Å²) in [5.41, 5.74) is -0.439. The van der Waals surface area contributed by atoms with E-state index in [1.54, 1.807) is 16.7 Å². The maximum atomic E-state index is 13.0. The van der Waals surface area contributed by atoms with Gasteiger partial charge in [0.15, 0.2) is 0 Å². The highest BCUT2D eigenvalue weighted by Gasteiger charge is 2.34. The highest BCUT2D eigenvalue weighted by atomic mass is 32.2. The lowest BCUT2D eigenvalue weighted by Crippen LogP contribution is -2.48. The zero-order valence-electron chi connectivity index (χ0n) is 13.1. The number of amides is 1. The molecule has 1 aliphatic heterocycles. The summed E-state index contributed by atoms with van der Waals surface area (Å²) in [5.74, 6) is -0.394. The van der Waals surface area contributed by atoms with Crippen LogP contribution in [-0.2, 0) is 7.05 Å². The Morgan fingerprint density at radius 1 is 1.22 bits per heavy atom. The third kappa shape index (κ3) is 2.61. The summed E-state index contributed by atoms with van der Waals surface area (Å²) in [6.07, 6.45) is 1.30. The minimum absolute atomic E-state index is 0.0344. The highest BCUT2D eigenvalue weighted by Crippen LogP contribution is 2.41. The van der Waals surface area contributed by atoms with E-state index in [1.807, 2.05) is 31.2 Å². The smallest absolute Gasteiger partial charge is 0.303 e. The van der Waals surface area contributed by atoms with Crippen molar-refractivity contribution in [2.24, 2.45) is 7.05 Å². The highest BCUT2D eigenvalue weighted by molar-refractivity contribution is 8.00. The minimum atomic E-state index is -0.659. The van der Waals surface area contributed by atoms with Gasteiger partial charge in [-0.1, -0.05) is 19.1 Å². The Labute approximate surface area is 137 Å². The van der Waals surface area contributed by atoms with Crippen molar-refractivity contribution in [1.29, 1.82) is 0 Å². The lowest BCUT2D eigenvalue weighted by molar-refractivity contribution is 0.0974. The second-order valence-corrected chi connectivity index (χ2v) is 7.04. The van der Waals surface area contributed by atoms with E-state index in [0.29, 0.717) is 0 Å². The van der Waals surface area contributed by atoms with Crippen LogP contribution in [-0.4, -0.2) is 26.8 Å². The van der Waals surface area contributed by atoms with Crippen molar-refractivity contribution < 1.29 is 4.79 Å². The van der Waals surface area contributed by atoms with Crippen LogP contribution in [0.2, 0.25) is 0 Å². The minimum Gasteiger partial charge on any atom is -0.303 e. The van der Waals surface area contributed by atoms with Crippen LogP contribution in [0.25, 0.3) is 0 Å².